The molecule has 2 rings (SSSR count). The summed E-state index contributed by atoms with van der Waals surface area (Å²) >= 11 is 1.30. The molecule has 1 heterocycles. The average molecular weight is 389 g/mol. The van der Waals surface area contributed by atoms with Gasteiger partial charge in [-0.3, -0.25) is 9.59 Å². The molecule has 1 atom stereocenters. The topological polar surface area (TPSA) is 81.7 Å². The van der Waals surface area contributed by atoms with Gasteiger partial charge in [-0.25, -0.2) is 4.79 Å². The smallest absolute Gasteiger partial charge is 0.342 e. The predicted molar refractivity (Wildman–Crippen MR) is 105 cm³/mol. The Balaban J connectivity index is 2.15. The van der Waals surface area contributed by atoms with Gasteiger partial charge in [0, 0.05) is 17.4 Å². The van der Waals surface area contributed by atoms with Crippen molar-refractivity contribution in [1.82, 2.24) is 0 Å². The van der Waals surface area contributed by atoms with Gasteiger partial charge in [0.05, 0.1) is 12.2 Å². The van der Waals surface area contributed by atoms with E-state index >= 15 is 0 Å². The van der Waals surface area contributed by atoms with Gasteiger partial charge in [-0.2, -0.15) is 0 Å². The van der Waals surface area contributed by atoms with Crippen molar-refractivity contribution in [3.63, 3.8) is 0 Å². The minimum absolute atomic E-state index is 0.274. The molecule has 7 heteroatoms. The van der Waals surface area contributed by atoms with Crippen molar-refractivity contribution >= 4 is 34.0 Å². The van der Waals surface area contributed by atoms with E-state index in [4.69, 9.17) is 9.47 Å². The van der Waals surface area contributed by atoms with E-state index in [1.165, 1.54) is 25.2 Å². The van der Waals surface area contributed by atoms with Crippen molar-refractivity contribution in [3.05, 3.63) is 45.8 Å². The quantitative estimate of drug-likeness (QED) is 0.568. The second-order valence-electron chi connectivity index (χ2n) is 6.04. The number of hydrogen-bond acceptors (Lipinski definition) is 6. The minimum atomic E-state index is -0.958. The summed E-state index contributed by atoms with van der Waals surface area (Å²) in [6.07, 6.45) is -0.958. The van der Waals surface area contributed by atoms with Crippen molar-refractivity contribution in [2.75, 3.05) is 11.9 Å². The van der Waals surface area contributed by atoms with E-state index in [9.17, 15) is 14.4 Å². The first-order valence-electron chi connectivity index (χ1n) is 8.60. The lowest BCUT2D eigenvalue weighted by Gasteiger charge is -2.14. The number of carbonyl (C=O) groups excluding carboxylic acids is 3. The molecule has 0 saturated carbocycles. The van der Waals surface area contributed by atoms with Crippen LogP contribution in [0.15, 0.2) is 24.3 Å². The first-order valence-corrected chi connectivity index (χ1v) is 9.41. The highest BCUT2D eigenvalue weighted by Gasteiger charge is 2.26. The number of amides is 1. The molecule has 0 fully saturated rings. The van der Waals surface area contributed by atoms with Crippen LogP contribution in [-0.4, -0.2) is 30.4 Å². The number of benzene rings is 1. The van der Waals surface area contributed by atoms with Crippen molar-refractivity contribution in [3.8, 4) is 5.75 Å². The molecular formula is C20H23NO5S. The lowest BCUT2D eigenvalue weighted by molar-refractivity contribution is -0.114. The number of hydrogen-bond donors (Lipinski definition) is 1. The maximum Gasteiger partial charge on any atom is 0.342 e. The lowest BCUT2D eigenvalue weighted by atomic mass is 10.1. The molecule has 144 valence electrons. The molecule has 0 aliphatic rings. The molecule has 0 unspecified atom stereocenters. The van der Waals surface area contributed by atoms with Gasteiger partial charge in [-0.15, -0.1) is 11.3 Å². The van der Waals surface area contributed by atoms with Gasteiger partial charge in [0.1, 0.15) is 10.8 Å². The Hall–Kier alpha value is -2.67. The van der Waals surface area contributed by atoms with E-state index < -0.39 is 12.1 Å². The van der Waals surface area contributed by atoms with Crippen molar-refractivity contribution in [2.45, 2.75) is 40.7 Å². The fourth-order valence-electron chi connectivity index (χ4n) is 2.51. The van der Waals surface area contributed by atoms with Crippen LogP contribution in [0.2, 0.25) is 0 Å². The van der Waals surface area contributed by atoms with Crippen LogP contribution < -0.4 is 10.1 Å². The van der Waals surface area contributed by atoms with Gasteiger partial charge >= 0.3 is 5.97 Å². The van der Waals surface area contributed by atoms with Gasteiger partial charge in [0.15, 0.2) is 6.10 Å². The van der Waals surface area contributed by atoms with Crippen LogP contribution in [-0.2, 0) is 9.53 Å². The van der Waals surface area contributed by atoms with Gasteiger partial charge in [0.25, 0.3) is 0 Å². The number of ether oxygens (including phenoxy) is 2. The molecule has 1 aromatic heterocycles. The molecule has 6 nitrogen and oxygen atoms in total. The Morgan fingerprint density at radius 3 is 2.33 bits per heavy atom. The zero-order valence-corrected chi connectivity index (χ0v) is 16.9. The summed E-state index contributed by atoms with van der Waals surface area (Å²) in [4.78, 5) is 37.5. The molecule has 1 amide bonds. The summed E-state index contributed by atoms with van der Waals surface area (Å²) in [6.45, 7) is 8.96. The number of nitrogens with one attached hydrogen (secondary N) is 1. The third-order valence-corrected chi connectivity index (χ3v) is 5.10. The largest absolute Gasteiger partial charge is 0.494 e. The SMILES string of the molecule is CCOc1ccc(C(=O)[C@@H](C)OC(=O)c2c(NC(C)=O)sc(C)c2C)cc1. The predicted octanol–water partition coefficient (Wildman–Crippen LogP) is 4.15. The summed E-state index contributed by atoms with van der Waals surface area (Å²) in [5.41, 5.74) is 1.45. The highest BCUT2D eigenvalue weighted by molar-refractivity contribution is 7.16. The van der Waals surface area contributed by atoms with Crippen LogP contribution in [0.25, 0.3) is 0 Å². The molecule has 27 heavy (non-hydrogen) atoms. The normalized spacial score (nSPS) is 11.6. The number of Topliss-reactive ketones (excluding diaryl/α,β-unsaturated/α-hetero) is 1. The van der Waals surface area contributed by atoms with Gasteiger partial charge in [-0.05, 0) is 57.5 Å². The fraction of sp³-hybridized carbons (Fsp3) is 0.350. The maximum atomic E-state index is 12.6. The summed E-state index contributed by atoms with van der Waals surface area (Å²) in [5, 5.41) is 3.08. The molecule has 0 bridgehead atoms. The third-order valence-electron chi connectivity index (χ3n) is 3.98. The van der Waals surface area contributed by atoms with Crippen LogP contribution >= 0.6 is 11.3 Å². The Labute approximate surface area is 162 Å². The molecule has 0 aliphatic carbocycles. The van der Waals surface area contributed by atoms with Crippen LogP contribution in [0, 0.1) is 13.8 Å². The van der Waals surface area contributed by atoms with Crippen molar-refractivity contribution in [2.24, 2.45) is 0 Å². The highest BCUT2D eigenvalue weighted by atomic mass is 32.1. The number of thiophene rings is 1. The molecule has 1 aromatic carbocycles. The minimum Gasteiger partial charge on any atom is -0.494 e. The third kappa shape index (κ3) is 4.95. The van der Waals surface area contributed by atoms with E-state index in [1.807, 2.05) is 13.8 Å². The zero-order chi connectivity index (χ0) is 20.1. The monoisotopic (exact) mass is 389 g/mol. The van der Waals surface area contributed by atoms with Crippen LogP contribution in [0.4, 0.5) is 5.00 Å². The van der Waals surface area contributed by atoms with Gasteiger partial charge < -0.3 is 14.8 Å². The number of anilines is 1. The van der Waals surface area contributed by atoms with Gasteiger partial charge in [0.2, 0.25) is 11.7 Å². The Morgan fingerprint density at radius 1 is 1.15 bits per heavy atom. The van der Waals surface area contributed by atoms with Gasteiger partial charge in [-0.1, -0.05) is 0 Å². The maximum absolute atomic E-state index is 12.6. The zero-order valence-electron chi connectivity index (χ0n) is 16.0. The first-order chi connectivity index (χ1) is 12.7. The summed E-state index contributed by atoms with van der Waals surface area (Å²) in [5.74, 6) is -0.545. The van der Waals surface area contributed by atoms with Crippen LogP contribution in [0.3, 0.4) is 0 Å². The highest BCUT2D eigenvalue weighted by Crippen LogP contribution is 2.33. The lowest BCUT2D eigenvalue weighted by Crippen LogP contribution is -2.25. The van der Waals surface area contributed by atoms with Crippen molar-refractivity contribution in [1.29, 1.82) is 0 Å². The molecule has 2 aromatic rings. The Kier molecular flexibility index (Phi) is 6.74. The van der Waals surface area contributed by atoms with Crippen LogP contribution in [0.1, 0.15) is 51.9 Å². The molecule has 0 aliphatic heterocycles. The van der Waals surface area contributed by atoms with Crippen LogP contribution in [0.5, 0.6) is 5.75 Å². The van der Waals surface area contributed by atoms with E-state index in [0.29, 0.717) is 28.5 Å². The number of ketones is 1. The number of carbonyl (C=O) groups is 3. The summed E-state index contributed by atoms with van der Waals surface area (Å²) in [6, 6.07) is 6.68. The van der Waals surface area contributed by atoms with E-state index in [1.54, 1.807) is 31.2 Å². The Bertz CT molecular complexity index is 854. The number of rotatable bonds is 7. The summed E-state index contributed by atoms with van der Waals surface area (Å²) < 4.78 is 10.7. The van der Waals surface area contributed by atoms with Crippen molar-refractivity contribution < 1.29 is 23.9 Å². The fourth-order valence-corrected chi connectivity index (χ4v) is 3.61. The summed E-state index contributed by atoms with van der Waals surface area (Å²) in [7, 11) is 0. The molecule has 0 radical (unpaired) electrons. The van der Waals surface area contributed by atoms with E-state index in [2.05, 4.69) is 5.32 Å². The first kappa shape index (κ1) is 20.6. The van der Waals surface area contributed by atoms with E-state index in [-0.39, 0.29) is 11.7 Å². The second-order valence-corrected chi connectivity index (χ2v) is 7.26. The number of aryl methyl sites for hydroxylation is 1. The molecule has 1 N–H and O–H groups in total. The number of esters is 1. The average Bonchev–Trinajstić information content (AvgIpc) is 2.88. The molecule has 0 spiro atoms. The molecule has 0 saturated heterocycles. The molecular weight excluding hydrogens is 366 g/mol. The standard InChI is InChI=1S/C20H23NO5S/c1-6-25-16-9-7-15(8-10-16)18(23)12(3)26-20(24)17-11(2)13(4)27-19(17)21-14(5)22/h7-10,12H,6H2,1-5H3,(H,21,22)/t12-/m1/s1. The Morgan fingerprint density at radius 2 is 1.78 bits per heavy atom. The van der Waals surface area contributed by atoms with E-state index in [0.717, 1.165) is 10.4 Å². The second kappa shape index (κ2) is 8.81.